The molecule has 1 aromatic heterocycles. The smallest absolute Gasteiger partial charge is 0.227 e. The van der Waals surface area contributed by atoms with Gasteiger partial charge in [-0.15, -0.1) is 0 Å². The van der Waals surface area contributed by atoms with Gasteiger partial charge in [0.25, 0.3) is 0 Å². The molecule has 0 spiro atoms. The average molecular weight is 385 g/mol. The second-order valence-corrected chi connectivity index (χ2v) is 6.54. The molecule has 0 radical (unpaired) electrons. The summed E-state index contributed by atoms with van der Waals surface area (Å²) in [6.45, 7) is 2.52. The van der Waals surface area contributed by atoms with E-state index in [1.807, 2.05) is 25.2 Å². The van der Waals surface area contributed by atoms with Gasteiger partial charge in [-0.05, 0) is 37.1 Å². The minimum atomic E-state index is -0.277. The lowest BCUT2D eigenvalue weighted by molar-refractivity contribution is 0.355. The summed E-state index contributed by atoms with van der Waals surface area (Å²) >= 11 is 0. The van der Waals surface area contributed by atoms with Crippen molar-refractivity contribution >= 4 is 5.69 Å². The second kappa shape index (κ2) is 8.73. The molecule has 0 N–H and O–H groups in total. The highest BCUT2D eigenvalue weighted by Crippen LogP contribution is 2.31. The molecule has 0 bridgehead atoms. The third-order valence-corrected chi connectivity index (χ3v) is 4.59. The van der Waals surface area contributed by atoms with Gasteiger partial charge in [0.05, 0.1) is 14.2 Å². The van der Waals surface area contributed by atoms with Crippen molar-refractivity contribution in [2.75, 3.05) is 32.7 Å². The zero-order valence-corrected chi connectivity index (χ0v) is 16.5. The lowest BCUT2D eigenvalue weighted by atomic mass is 10.1. The van der Waals surface area contributed by atoms with Gasteiger partial charge in [0.1, 0.15) is 5.82 Å². The number of ether oxygens (including phenoxy) is 2. The van der Waals surface area contributed by atoms with Crippen LogP contribution in [0.25, 0.3) is 11.4 Å². The van der Waals surface area contributed by atoms with Crippen molar-refractivity contribution in [1.82, 2.24) is 10.1 Å². The molecule has 3 aromatic rings. The van der Waals surface area contributed by atoms with Gasteiger partial charge in [0.2, 0.25) is 11.7 Å². The standard InChI is InChI=1S/C21H24FN3O3/c1-14-7-8-15(12-17(14)22)21-23-20(28-24-21)6-5-11-25(2)16-9-10-18(26-3)19(13-16)27-4/h7-10,12-13H,5-6,11H2,1-4H3. The molecular weight excluding hydrogens is 361 g/mol. The molecule has 0 amide bonds. The van der Waals surface area contributed by atoms with E-state index in [0.717, 1.165) is 18.7 Å². The van der Waals surface area contributed by atoms with E-state index in [4.69, 9.17) is 14.0 Å². The normalized spacial score (nSPS) is 10.8. The summed E-state index contributed by atoms with van der Waals surface area (Å²) in [5, 5.41) is 3.96. The number of rotatable bonds is 8. The molecule has 0 fully saturated rings. The van der Waals surface area contributed by atoms with E-state index in [1.165, 1.54) is 6.07 Å². The maximum Gasteiger partial charge on any atom is 0.227 e. The van der Waals surface area contributed by atoms with E-state index in [2.05, 4.69) is 15.0 Å². The van der Waals surface area contributed by atoms with Gasteiger partial charge in [0, 0.05) is 37.3 Å². The SMILES string of the molecule is COc1ccc(N(C)CCCc2nc(-c3ccc(C)c(F)c3)no2)cc1OC. The summed E-state index contributed by atoms with van der Waals surface area (Å²) < 4.78 is 29.6. The van der Waals surface area contributed by atoms with E-state index < -0.39 is 0 Å². The zero-order chi connectivity index (χ0) is 20.1. The Bertz CT molecular complexity index is 942. The minimum Gasteiger partial charge on any atom is -0.493 e. The fourth-order valence-corrected chi connectivity index (χ4v) is 2.86. The van der Waals surface area contributed by atoms with Gasteiger partial charge in [-0.2, -0.15) is 4.98 Å². The van der Waals surface area contributed by atoms with Gasteiger partial charge >= 0.3 is 0 Å². The second-order valence-electron chi connectivity index (χ2n) is 6.54. The first-order valence-corrected chi connectivity index (χ1v) is 9.04. The molecule has 3 rings (SSSR count). The number of anilines is 1. The predicted molar refractivity (Wildman–Crippen MR) is 106 cm³/mol. The van der Waals surface area contributed by atoms with E-state index in [9.17, 15) is 4.39 Å². The highest BCUT2D eigenvalue weighted by Gasteiger charge is 2.12. The Morgan fingerprint density at radius 3 is 2.57 bits per heavy atom. The largest absolute Gasteiger partial charge is 0.493 e. The van der Waals surface area contributed by atoms with Crippen molar-refractivity contribution in [2.45, 2.75) is 19.8 Å². The Balaban J connectivity index is 1.58. The van der Waals surface area contributed by atoms with Gasteiger partial charge in [-0.1, -0.05) is 17.3 Å². The molecule has 7 heteroatoms. The Morgan fingerprint density at radius 1 is 1.07 bits per heavy atom. The van der Waals surface area contributed by atoms with E-state index >= 15 is 0 Å². The highest BCUT2D eigenvalue weighted by molar-refractivity contribution is 5.56. The van der Waals surface area contributed by atoms with Gasteiger partial charge in [0.15, 0.2) is 11.5 Å². The monoisotopic (exact) mass is 385 g/mol. The number of halogens is 1. The molecule has 0 atom stereocenters. The van der Waals surface area contributed by atoms with Crippen molar-refractivity contribution in [2.24, 2.45) is 0 Å². The van der Waals surface area contributed by atoms with Gasteiger partial charge < -0.3 is 18.9 Å². The van der Waals surface area contributed by atoms with E-state index in [-0.39, 0.29) is 5.82 Å². The molecule has 0 saturated carbocycles. The summed E-state index contributed by atoms with van der Waals surface area (Å²) in [5.74, 6) is 2.06. The van der Waals surface area contributed by atoms with Crippen LogP contribution in [0.15, 0.2) is 40.9 Å². The molecule has 28 heavy (non-hydrogen) atoms. The minimum absolute atomic E-state index is 0.277. The summed E-state index contributed by atoms with van der Waals surface area (Å²) in [6.07, 6.45) is 1.47. The lowest BCUT2D eigenvalue weighted by Gasteiger charge is -2.20. The van der Waals surface area contributed by atoms with Crippen LogP contribution in [0.2, 0.25) is 0 Å². The number of hydrogen-bond donors (Lipinski definition) is 0. The Hall–Kier alpha value is -3.09. The number of aryl methyl sites for hydroxylation is 2. The fraction of sp³-hybridized carbons (Fsp3) is 0.333. The topological polar surface area (TPSA) is 60.6 Å². The molecule has 6 nitrogen and oxygen atoms in total. The fourth-order valence-electron chi connectivity index (χ4n) is 2.86. The maximum absolute atomic E-state index is 13.7. The van der Waals surface area contributed by atoms with Crippen molar-refractivity contribution < 1.29 is 18.4 Å². The number of benzene rings is 2. The number of aromatic nitrogens is 2. The first-order chi connectivity index (χ1) is 13.5. The van der Waals surface area contributed by atoms with E-state index in [1.54, 1.807) is 33.3 Å². The Labute approximate surface area is 163 Å². The van der Waals surface area contributed by atoms with E-state index in [0.29, 0.717) is 40.8 Å². The first-order valence-electron chi connectivity index (χ1n) is 9.04. The summed E-state index contributed by atoms with van der Waals surface area (Å²) in [6, 6.07) is 10.7. The van der Waals surface area contributed by atoms with Crippen LogP contribution in [0.1, 0.15) is 17.9 Å². The van der Waals surface area contributed by atoms with Crippen molar-refractivity contribution in [1.29, 1.82) is 0 Å². The molecule has 0 aliphatic rings. The summed E-state index contributed by atoms with van der Waals surface area (Å²) in [7, 11) is 5.25. The lowest BCUT2D eigenvalue weighted by Crippen LogP contribution is -2.19. The molecule has 0 unspecified atom stereocenters. The van der Waals surface area contributed by atoms with Crippen LogP contribution in [-0.4, -0.2) is 38.0 Å². The Kier molecular flexibility index (Phi) is 6.13. The van der Waals surface area contributed by atoms with Crippen LogP contribution in [-0.2, 0) is 6.42 Å². The van der Waals surface area contributed by atoms with Crippen LogP contribution in [0.4, 0.5) is 10.1 Å². The van der Waals surface area contributed by atoms with Crippen LogP contribution < -0.4 is 14.4 Å². The maximum atomic E-state index is 13.7. The Morgan fingerprint density at radius 2 is 1.86 bits per heavy atom. The molecule has 0 saturated heterocycles. The third kappa shape index (κ3) is 4.42. The van der Waals surface area contributed by atoms with Crippen molar-refractivity contribution in [3.8, 4) is 22.9 Å². The average Bonchev–Trinajstić information content (AvgIpc) is 3.18. The number of nitrogens with zero attached hydrogens (tertiary/aromatic N) is 3. The summed E-state index contributed by atoms with van der Waals surface area (Å²) in [4.78, 5) is 6.49. The number of hydrogen-bond acceptors (Lipinski definition) is 6. The van der Waals surface area contributed by atoms with Crippen LogP contribution in [0.3, 0.4) is 0 Å². The molecule has 1 heterocycles. The molecule has 2 aromatic carbocycles. The predicted octanol–water partition coefficient (Wildman–Crippen LogP) is 4.27. The highest BCUT2D eigenvalue weighted by atomic mass is 19.1. The van der Waals surface area contributed by atoms with Crippen molar-refractivity contribution in [3.63, 3.8) is 0 Å². The van der Waals surface area contributed by atoms with Crippen LogP contribution in [0, 0.1) is 12.7 Å². The number of methoxy groups -OCH3 is 2. The first kappa shape index (κ1) is 19.7. The van der Waals surface area contributed by atoms with Crippen molar-refractivity contribution in [3.05, 3.63) is 53.7 Å². The molecule has 0 aliphatic carbocycles. The van der Waals surface area contributed by atoms with Gasteiger partial charge in [-0.25, -0.2) is 4.39 Å². The molecule has 0 aliphatic heterocycles. The van der Waals surface area contributed by atoms with Gasteiger partial charge in [-0.3, -0.25) is 0 Å². The third-order valence-electron chi connectivity index (χ3n) is 4.59. The zero-order valence-electron chi connectivity index (χ0n) is 16.5. The van der Waals surface area contributed by atoms with Crippen LogP contribution in [0.5, 0.6) is 11.5 Å². The summed E-state index contributed by atoms with van der Waals surface area (Å²) in [5.41, 5.74) is 2.23. The quantitative estimate of drug-likeness (QED) is 0.577. The van der Waals surface area contributed by atoms with Crippen LogP contribution >= 0.6 is 0 Å². The molecular formula is C21H24FN3O3. The molecule has 148 valence electrons.